The van der Waals surface area contributed by atoms with Crippen LogP contribution < -0.4 is 0 Å². The van der Waals surface area contributed by atoms with E-state index in [1.54, 1.807) is 0 Å². The Kier molecular flexibility index (Phi) is 5.04. The third-order valence-corrected chi connectivity index (χ3v) is 3.08. The third-order valence-electron chi connectivity index (χ3n) is 1.95. The highest BCUT2D eigenvalue weighted by Gasteiger charge is 2.09. The summed E-state index contributed by atoms with van der Waals surface area (Å²) < 4.78 is 0. The molecule has 0 radical (unpaired) electrons. The molecule has 70 valence electrons. The first-order valence-corrected chi connectivity index (χ1v) is 5.81. The number of nitrogens with zero attached hydrogens (tertiary/aromatic N) is 1. The predicted octanol–water partition coefficient (Wildman–Crippen LogP) is 1.58. The summed E-state index contributed by atoms with van der Waals surface area (Å²) in [4.78, 5) is 12.8. The highest BCUT2D eigenvalue weighted by molar-refractivity contribution is 7.99. The average molecular weight is 208 g/mol. The van der Waals surface area contributed by atoms with Gasteiger partial charge in [0.1, 0.15) is 0 Å². The van der Waals surface area contributed by atoms with Crippen molar-refractivity contribution in [1.29, 1.82) is 0 Å². The molecule has 0 unspecified atom stereocenters. The zero-order chi connectivity index (χ0) is 8.81. The van der Waals surface area contributed by atoms with E-state index in [4.69, 9.17) is 11.6 Å². The molecule has 1 aliphatic rings. The summed E-state index contributed by atoms with van der Waals surface area (Å²) in [6.07, 6.45) is 1.43. The second kappa shape index (κ2) is 5.84. The molecule has 0 aromatic carbocycles. The van der Waals surface area contributed by atoms with Crippen LogP contribution in [0, 0.1) is 0 Å². The lowest BCUT2D eigenvalue weighted by Gasteiger charge is -2.25. The Labute approximate surface area is 82.6 Å². The van der Waals surface area contributed by atoms with Gasteiger partial charge >= 0.3 is 0 Å². The molecule has 4 heteroatoms. The Morgan fingerprint density at radius 1 is 1.42 bits per heavy atom. The standard InChI is InChI=1S/C8H14ClNOS/c9-8(11)2-1-3-10-4-6-12-7-5-10/h1-7H2. The fraction of sp³-hybridized carbons (Fsp3) is 0.875. The molecule has 0 amide bonds. The van der Waals surface area contributed by atoms with Crippen LogP contribution in [0.15, 0.2) is 0 Å². The quantitative estimate of drug-likeness (QED) is 0.653. The topological polar surface area (TPSA) is 20.3 Å². The second-order valence-electron chi connectivity index (χ2n) is 2.91. The molecule has 0 saturated carbocycles. The maximum Gasteiger partial charge on any atom is 0.221 e. The van der Waals surface area contributed by atoms with E-state index in [1.807, 2.05) is 11.8 Å². The van der Waals surface area contributed by atoms with Crippen molar-refractivity contribution in [3.63, 3.8) is 0 Å². The van der Waals surface area contributed by atoms with E-state index in [2.05, 4.69) is 4.90 Å². The molecule has 0 aromatic heterocycles. The molecule has 2 nitrogen and oxygen atoms in total. The van der Waals surface area contributed by atoms with Crippen molar-refractivity contribution >= 4 is 28.6 Å². The van der Waals surface area contributed by atoms with Gasteiger partial charge in [0.2, 0.25) is 5.24 Å². The zero-order valence-corrected chi connectivity index (χ0v) is 8.66. The maximum atomic E-state index is 10.4. The SMILES string of the molecule is O=C(Cl)CCCN1CCSCC1. The van der Waals surface area contributed by atoms with Crippen LogP contribution in [0.25, 0.3) is 0 Å². The molecule has 1 rings (SSSR count). The van der Waals surface area contributed by atoms with Crippen LogP contribution in [-0.4, -0.2) is 41.3 Å². The van der Waals surface area contributed by atoms with Gasteiger partial charge in [0, 0.05) is 31.0 Å². The number of carbonyl (C=O) groups excluding carboxylic acids is 1. The smallest absolute Gasteiger partial charge is 0.221 e. The van der Waals surface area contributed by atoms with Gasteiger partial charge in [-0.2, -0.15) is 11.8 Å². The molecule has 0 bridgehead atoms. The minimum Gasteiger partial charge on any atom is -0.302 e. The minimum atomic E-state index is -0.207. The summed E-state index contributed by atoms with van der Waals surface area (Å²) in [7, 11) is 0. The Hall–Kier alpha value is 0.270. The van der Waals surface area contributed by atoms with Crippen LogP contribution in [0.3, 0.4) is 0 Å². The normalized spacial score (nSPS) is 19.4. The summed E-state index contributed by atoms with van der Waals surface area (Å²) in [6.45, 7) is 3.36. The van der Waals surface area contributed by atoms with E-state index >= 15 is 0 Å². The number of hydrogen-bond acceptors (Lipinski definition) is 3. The van der Waals surface area contributed by atoms with Gasteiger partial charge in [-0.05, 0) is 24.6 Å². The van der Waals surface area contributed by atoms with Crippen LogP contribution in [-0.2, 0) is 4.79 Å². The van der Waals surface area contributed by atoms with Gasteiger partial charge < -0.3 is 4.90 Å². The molecule has 1 saturated heterocycles. The summed E-state index contributed by atoms with van der Waals surface area (Å²) in [5.41, 5.74) is 0. The molecule has 12 heavy (non-hydrogen) atoms. The number of thioether (sulfide) groups is 1. The first kappa shape index (κ1) is 10.4. The summed E-state index contributed by atoms with van der Waals surface area (Å²) in [6, 6.07) is 0. The van der Waals surface area contributed by atoms with Gasteiger partial charge in [0.05, 0.1) is 0 Å². The fourth-order valence-corrected chi connectivity index (χ4v) is 2.38. The molecule has 1 aliphatic heterocycles. The van der Waals surface area contributed by atoms with Gasteiger partial charge in [-0.15, -0.1) is 0 Å². The van der Waals surface area contributed by atoms with Crippen molar-refractivity contribution in [2.24, 2.45) is 0 Å². The Balaban J connectivity index is 2.01. The molecule has 0 N–H and O–H groups in total. The van der Waals surface area contributed by atoms with Crippen molar-refractivity contribution in [2.75, 3.05) is 31.1 Å². The third kappa shape index (κ3) is 4.33. The highest BCUT2D eigenvalue weighted by Crippen LogP contribution is 2.09. The molecule has 0 aliphatic carbocycles. The van der Waals surface area contributed by atoms with Crippen molar-refractivity contribution in [1.82, 2.24) is 4.90 Å². The van der Waals surface area contributed by atoms with E-state index in [-0.39, 0.29) is 5.24 Å². The molecule has 0 aromatic rings. The van der Waals surface area contributed by atoms with Crippen molar-refractivity contribution in [3.05, 3.63) is 0 Å². The Morgan fingerprint density at radius 3 is 2.67 bits per heavy atom. The lowest BCUT2D eigenvalue weighted by Crippen LogP contribution is -2.33. The fourth-order valence-electron chi connectivity index (χ4n) is 1.27. The summed E-state index contributed by atoms with van der Waals surface area (Å²) >= 11 is 7.24. The van der Waals surface area contributed by atoms with Crippen molar-refractivity contribution in [3.8, 4) is 0 Å². The zero-order valence-electron chi connectivity index (χ0n) is 7.09. The van der Waals surface area contributed by atoms with Crippen LogP contribution in [0.1, 0.15) is 12.8 Å². The number of hydrogen-bond donors (Lipinski definition) is 0. The second-order valence-corrected chi connectivity index (χ2v) is 4.56. The van der Waals surface area contributed by atoms with Gasteiger partial charge in [0.15, 0.2) is 0 Å². The highest BCUT2D eigenvalue weighted by atomic mass is 35.5. The lowest BCUT2D eigenvalue weighted by molar-refractivity contribution is -0.111. The molecular formula is C8H14ClNOS. The molecule has 1 heterocycles. The number of halogens is 1. The first-order chi connectivity index (χ1) is 5.79. The van der Waals surface area contributed by atoms with E-state index < -0.39 is 0 Å². The Bertz CT molecular complexity index is 148. The molecule has 0 spiro atoms. The summed E-state index contributed by atoms with van der Waals surface area (Å²) in [5, 5.41) is -0.207. The van der Waals surface area contributed by atoms with Gasteiger partial charge in [-0.3, -0.25) is 4.79 Å². The summed E-state index contributed by atoms with van der Waals surface area (Å²) in [5.74, 6) is 2.46. The van der Waals surface area contributed by atoms with E-state index in [0.29, 0.717) is 6.42 Å². The van der Waals surface area contributed by atoms with Gasteiger partial charge in [-0.25, -0.2) is 0 Å². The Morgan fingerprint density at radius 2 is 2.08 bits per heavy atom. The first-order valence-electron chi connectivity index (χ1n) is 4.27. The number of carbonyl (C=O) groups is 1. The average Bonchev–Trinajstić information content (AvgIpc) is 2.05. The van der Waals surface area contributed by atoms with Crippen LogP contribution in [0.2, 0.25) is 0 Å². The van der Waals surface area contributed by atoms with Gasteiger partial charge in [-0.1, -0.05) is 0 Å². The molecular weight excluding hydrogens is 194 g/mol. The largest absolute Gasteiger partial charge is 0.302 e. The lowest BCUT2D eigenvalue weighted by atomic mass is 10.3. The number of rotatable bonds is 4. The molecule has 1 fully saturated rings. The predicted molar refractivity (Wildman–Crippen MR) is 53.9 cm³/mol. The van der Waals surface area contributed by atoms with E-state index in [9.17, 15) is 4.79 Å². The molecule has 0 atom stereocenters. The van der Waals surface area contributed by atoms with Crippen molar-refractivity contribution in [2.45, 2.75) is 12.8 Å². The van der Waals surface area contributed by atoms with Crippen LogP contribution in [0.5, 0.6) is 0 Å². The monoisotopic (exact) mass is 207 g/mol. The van der Waals surface area contributed by atoms with Crippen LogP contribution in [0.4, 0.5) is 0 Å². The van der Waals surface area contributed by atoms with Gasteiger partial charge in [0.25, 0.3) is 0 Å². The minimum absolute atomic E-state index is 0.207. The van der Waals surface area contributed by atoms with Crippen molar-refractivity contribution < 1.29 is 4.79 Å². The maximum absolute atomic E-state index is 10.4. The van der Waals surface area contributed by atoms with E-state index in [1.165, 1.54) is 24.6 Å². The van der Waals surface area contributed by atoms with Crippen LogP contribution >= 0.6 is 23.4 Å². The van der Waals surface area contributed by atoms with E-state index in [0.717, 1.165) is 13.0 Å².